The Kier molecular flexibility index (Phi) is 3.55. The van der Waals surface area contributed by atoms with E-state index >= 15 is 0 Å². The van der Waals surface area contributed by atoms with Crippen LogP contribution in [0.15, 0.2) is 29.8 Å². The van der Waals surface area contributed by atoms with Gasteiger partial charge in [-0.25, -0.2) is 0 Å². The molecule has 0 atom stereocenters. The number of alkyl halides is 3. The fraction of sp³-hybridized carbons (Fsp3) is 0.357. The van der Waals surface area contributed by atoms with Crippen molar-refractivity contribution in [2.45, 2.75) is 31.9 Å². The fourth-order valence-corrected chi connectivity index (χ4v) is 2.12. The summed E-state index contributed by atoms with van der Waals surface area (Å²) >= 11 is 0. The van der Waals surface area contributed by atoms with E-state index in [0.29, 0.717) is 18.4 Å². The third-order valence-electron chi connectivity index (χ3n) is 3.05. The Morgan fingerprint density at radius 2 is 1.72 bits per heavy atom. The molecule has 0 N–H and O–H groups in total. The highest BCUT2D eigenvalue weighted by molar-refractivity contribution is 6.00. The van der Waals surface area contributed by atoms with Crippen molar-refractivity contribution in [1.82, 2.24) is 0 Å². The lowest BCUT2D eigenvalue weighted by molar-refractivity contribution is -0.137. The van der Waals surface area contributed by atoms with Crippen molar-refractivity contribution in [3.8, 4) is 0 Å². The number of allylic oxidation sites excluding steroid dienone is 1. The average Bonchev–Trinajstić information content (AvgIpc) is 2.31. The number of ketones is 1. The van der Waals surface area contributed by atoms with E-state index in [1.165, 1.54) is 18.2 Å². The third kappa shape index (κ3) is 2.81. The molecule has 0 amide bonds. The van der Waals surface area contributed by atoms with Crippen molar-refractivity contribution in [1.29, 1.82) is 0 Å². The molecule has 1 aliphatic rings. The lowest BCUT2D eigenvalue weighted by Gasteiger charge is -2.14. The Morgan fingerprint density at radius 3 is 2.39 bits per heavy atom. The van der Waals surface area contributed by atoms with Crippen LogP contribution in [0, 0.1) is 0 Å². The first-order chi connectivity index (χ1) is 8.48. The van der Waals surface area contributed by atoms with Crippen LogP contribution in [0.1, 0.15) is 36.8 Å². The molecule has 1 fully saturated rings. The van der Waals surface area contributed by atoms with Crippen molar-refractivity contribution in [2.24, 2.45) is 0 Å². The molecule has 0 radical (unpaired) electrons. The second kappa shape index (κ2) is 4.96. The van der Waals surface area contributed by atoms with Crippen LogP contribution < -0.4 is 0 Å². The molecule has 18 heavy (non-hydrogen) atoms. The standard InChI is InChI=1S/C14H13F3O/c15-14(16,17)12-7-3-1-5-10(12)9-11-6-2-4-8-13(11)18/h1,3,5,7,9H,2,4,6,8H2. The van der Waals surface area contributed by atoms with Crippen molar-refractivity contribution in [2.75, 3.05) is 0 Å². The molecule has 1 aliphatic carbocycles. The van der Waals surface area contributed by atoms with Crippen LogP contribution in [0.2, 0.25) is 0 Å². The quantitative estimate of drug-likeness (QED) is 0.685. The monoisotopic (exact) mass is 254 g/mol. The van der Waals surface area contributed by atoms with Gasteiger partial charge >= 0.3 is 6.18 Å². The molecule has 4 heteroatoms. The van der Waals surface area contributed by atoms with Crippen molar-refractivity contribution >= 4 is 11.9 Å². The highest BCUT2D eigenvalue weighted by Crippen LogP contribution is 2.33. The van der Waals surface area contributed by atoms with Gasteiger partial charge in [-0.1, -0.05) is 18.2 Å². The van der Waals surface area contributed by atoms with Crippen LogP contribution in [-0.4, -0.2) is 5.78 Å². The minimum atomic E-state index is -4.38. The van der Waals surface area contributed by atoms with Crippen LogP contribution in [0.4, 0.5) is 13.2 Å². The summed E-state index contributed by atoms with van der Waals surface area (Å²) in [6.07, 6.45) is -0.274. The maximum Gasteiger partial charge on any atom is 0.416 e. The van der Waals surface area contributed by atoms with Gasteiger partial charge in [0.1, 0.15) is 0 Å². The Bertz CT molecular complexity index is 486. The summed E-state index contributed by atoms with van der Waals surface area (Å²) in [6.45, 7) is 0. The van der Waals surface area contributed by atoms with Crippen LogP contribution in [0.3, 0.4) is 0 Å². The van der Waals surface area contributed by atoms with Crippen LogP contribution in [0.5, 0.6) is 0 Å². The summed E-state index contributed by atoms with van der Waals surface area (Å²) in [7, 11) is 0. The summed E-state index contributed by atoms with van der Waals surface area (Å²) in [5.41, 5.74) is -0.0935. The molecular weight excluding hydrogens is 241 g/mol. The van der Waals surface area contributed by atoms with Gasteiger partial charge in [0.2, 0.25) is 0 Å². The minimum absolute atomic E-state index is 0.0294. The lowest BCUT2D eigenvalue weighted by Crippen LogP contribution is -2.10. The van der Waals surface area contributed by atoms with E-state index in [1.54, 1.807) is 6.07 Å². The number of Topliss-reactive ketones (excluding diaryl/α,β-unsaturated/α-hetero) is 1. The number of rotatable bonds is 1. The second-order valence-electron chi connectivity index (χ2n) is 4.38. The van der Waals surface area contributed by atoms with E-state index in [-0.39, 0.29) is 11.3 Å². The number of carbonyl (C=O) groups is 1. The van der Waals surface area contributed by atoms with Gasteiger partial charge in [0.05, 0.1) is 5.56 Å². The molecule has 96 valence electrons. The predicted molar refractivity (Wildman–Crippen MR) is 62.9 cm³/mol. The highest BCUT2D eigenvalue weighted by atomic mass is 19.4. The molecular formula is C14H13F3O. The molecule has 1 saturated carbocycles. The number of benzene rings is 1. The van der Waals surface area contributed by atoms with Gasteiger partial charge in [-0.3, -0.25) is 4.79 Å². The molecule has 0 unspecified atom stereocenters. The molecule has 0 aromatic heterocycles. The smallest absolute Gasteiger partial charge is 0.295 e. The fourth-order valence-electron chi connectivity index (χ4n) is 2.12. The number of hydrogen-bond acceptors (Lipinski definition) is 1. The Balaban J connectivity index is 2.39. The van der Waals surface area contributed by atoms with E-state index in [2.05, 4.69) is 0 Å². The largest absolute Gasteiger partial charge is 0.416 e. The summed E-state index contributed by atoms with van der Waals surface area (Å²) in [6, 6.07) is 5.35. The maximum atomic E-state index is 12.8. The van der Waals surface area contributed by atoms with E-state index in [0.717, 1.165) is 18.9 Å². The summed E-state index contributed by atoms with van der Waals surface area (Å²) in [5, 5.41) is 0. The van der Waals surface area contributed by atoms with Gasteiger partial charge in [0.15, 0.2) is 5.78 Å². The van der Waals surface area contributed by atoms with Gasteiger partial charge in [-0.05, 0) is 42.5 Å². The van der Waals surface area contributed by atoms with E-state index in [9.17, 15) is 18.0 Å². The van der Waals surface area contributed by atoms with Crippen LogP contribution in [-0.2, 0) is 11.0 Å². The predicted octanol–water partition coefficient (Wildman–Crippen LogP) is 4.23. The molecule has 0 bridgehead atoms. The Morgan fingerprint density at radius 1 is 1.06 bits per heavy atom. The first-order valence-corrected chi connectivity index (χ1v) is 5.88. The Hall–Kier alpha value is -1.58. The molecule has 1 aromatic carbocycles. The third-order valence-corrected chi connectivity index (χ3v) is 3.05. The Labute approximate surface area is 103 Å². The molecule has 0 spiro atoms. The maximum absolute atomic E-state index is 12.8. The molecule has 2 rings (SSSR count). The van der Waals surface area contributed by atoms with Gasteiger partial charge in [-0.2, -0.15) is 13.2 Å². The zero-order chi connectivity index (χ0) is 13.2. The number of hydrogen-bond donors (Lipinski definition) is 0. The summed E-state index contributed by atoms with van der Waals surface area (Å²) in [5.74, 6) is -0.0294. The van der Waals surface area contributed by atoms with Gasteiger partial charge in [-0.15, -0.1) is 0 Å². The second-order valence-corrected chi connectivity index (χ2v) is 4.38. The number of carbonyl (C=O) groups excluding carboxylic acids is 1. The van der Waals surface area contributed by atoms with Gasteiger partial charge < -0.3 is 0 Å². The normalized spacial score (nSPS) is 19.3. The summed E-state index contributed by atoms with van der Waals surface area (Å²) < 4.78 is 38.4. The first kappa shape index (κ1) is 12.9. The van der Waals surface area contributed by atoms with Crippen LogP contribution in [0.25, 0.3) is 6.08 Å². The topological polar surface area (TPSA) is 17.1 Å². The molecule has 0 aliphatic heterocycles. The van der Waals surface area contributed by atoms with E-state index < -0.39 is 11.7 Å². The molecule has 1 nitrogen and oxygen atoms in total. The van der Waals surface area contributed by atoms with Crippen LogP contribution >= 0.6 is 0 Å². The molecule has 0 heterocycles. The van der Waals surface area contributed by atoms with E-state index in [4.69, 9.17) is 0 Å². The molecule has 1 aromatic rings. The SMILES string of the molecule is O=C1CCCCC1=Cc1ccccc1C(F)(F)F. The lowest BCUT2D eigenvalue weighted by atomic mass is 9.91. The first-order valence-electron chi connectivity index (χ1n) is 5.88. The zero-order valence-electron chi connectivity index (χ0n) is 9.76. The van der Waals surface area contributed by atoms with Crippen molar-refractivity contribution < 1.29 is 18.0 Å². The van der Waals surface area contributed by atoms with E-state index in [1.807, 2.05) is 0 Å². The van der Waals surface area contributed by atoms with Crippen molar-refractivity contribution in [3.63, 3.8) is 0 Å². The minimum Gasteiger partial charge on any atom is -0.295 e. The van der Waals surface area contributed by atoms with Crippen molar-refractivity contribution in [3.05, 3.63) is 41.0 Å². The molecule has 0 saturated heterocycles. The zero-order valence-corrected chi connectivity index (χ0v) is 9.76. The summed E-state index contributed by atoms with van der Waals surface area (Å²) in [4.78, 5) is 11.6. The van der Waals surface area contributed by atoms with Gasteiger partial charge in [0.25, 0.3) is 0 Å². The van der Waals surface area contributed by atoms with Gasteiger partial charge in [0, 0.05) is 6.42 Å². The average molecular weight is 254 g/mol. The highest BCUT2D eigenvalue weighted by Gasteiger charge is 2.32. The number of halogens is 3.